The molecule has 2 heterocycles. The van der Waals surface area contributed by atoms with E-state index in [0.717, 1.165) is 19.1 Å². The van der Waals surface area contributed by atoms with Crippen molar-refractivity contribution in [2.24, 2.45) is 0 Å². The van der Waals surface area contributed by atoms with Gasteiger partial charge in [0.25, 0.3) is 11.8 Å². The lowest BCUT2D eigenvalue weighted by Crippen LogP contribution is -2.34. The van der Waals surface area contributed by atoms with Gasteiger partial charge >= 0.3 is 17.6 Å². The van der Waals surface area contributed by atoms with Gasteiger partial charge in [-0.2, -0.15) is 0 Å². The van der Waals surface area contributed by atoms with Crippen LogP contribution in [0.5, 0.6) is 5.75 Å². The number of hydroxylamine groups is 2. The van der Waals surface area contributed by atoms with Crippen LogP contribution in [0.1, 0.15) is 30.1 Å². The smallest absolute Gasteiger partial charge is 0.374 e. The first-order valence-corrected chi connectivity index (χ1v) is 7.31. The molecule has 134 valence electrons. The van der Waals surface area contributed by atoms with Crippen LogP contribution in [0.3, 0.4) is 0 Å². The van der Waals surface area contributed by atoms with Gasteiger partial charge in [-0.1, -0.05) is 0 Å². The molecular formula is C16H10FNO8. The topological polar surface area (TPSA) is 120 Å². The van der Waals surface area contributed by atoms with E-state index in [4.69, 9.17) is 9.15 Å². The third-order valence-electron chi connectivity index (χ3n) is 3.46. The average Bonchev–Trinajstić information content (AvgIpc) is 2.86. The zero-order chi connectivity index (χ0) is 19.0. The van der Waals surface area contributed by atoms with Gasteiger partial charge in [-0.15, -0.1) is 5.06 Å². The zero-order valence-corrected chi connectivity index (χ0v) is 13.2. The van der Waals surface area contributed by atoms with Crippen molar-refractivity contribution in [1.29, 1.82) is 0 Å². The minimum atomic E-state index is -1.54. The molecule has 2 aromatic rings. The van der Waals surface area contributed by atoms with E-state index < -0.39 is 40.8 Å². The molecule has 2 amide bonds. The van der Waals surface area contributed by atoms with Crippen LogP contribution in [0, 0.1) is 5.82 Å². The summed E-state index contributed by atoms with van der Waals surface area (Å²) in [5, 5.41) is -0.0682. The van der Waals surface area contributed by atoms with Crippen LogP contribution < -0.4 is 10.4 Å². The van der Waals surface area contributed by atoms with Crippen LogP contribution >= 0.6 is 0 Å². The van der Waals surface area contributed by atoms with E-state index in [1.54, 1.807) is 0 Å². The van der Waals surface area contributed by atoms with E-state index >= 15 is 0 Å². The lowest BCUT2D eigenvalue weighted by molar-refractivity contribution is -0.172. The minimum absolute atomic E-state index is 0.0103. The van der Waals surface area contributed by atoms with E-state index in [0.29, 0.717) is 0 Å². The summed E-state index contributed by atoms with van der Waals surface area (Å²) in [4.78, 5) is 62.4. The third kappa shape index (κ3) is 3.04. The van der Waals surface area contributed by atoms with Crippen molar-refractivity contribution in [1.82, 2.24) is 5.06 Å². The SMILES string of the molecule is CC(=O)Oc1ccc2c(F)c(C(=O)ON3C(=O)CCC3=O)c(=O)oc2c1. The molecule has 0 bridgehead atoms. The first-order chi connectivity index (χ1) is 12.3. The summed E-state index contributed by atoms with van der Waals surface area (Å²) in [7, 11) is 0. The molecule has 1 fully saturated rings. The zero-order valence-electron chi connectivity index (χ0n) is 13.2. The minimum Gasteiger partial charge on any atom is -0.427 e. The molecule has 3 rings (SSSR count). The molecule has 9 nitrogen and oxygen atoms in total. The van der Waals surface area contributed by atoms with E-state index in [1.165, 1.54) is 6.07 Å². The highest BCUT2D eigenvalue weighted by Gasteiger charge is 2.35. The number of rotatable bonds is 3. The second kappa shape index (κ2) is 6.39. The number of carbonyl (C=O) groups excluding carboxylic acids is 4. The van der Waals surface area contributed by atoms with Crippen molar-refractivity contribution in [3.8, 4) is 5.75 Å². The maximum Gasteiger partial charge on any atom is 0.374 e. The molecule has 0 aliphatic carbocycles. The van der Waals surface area contributed by atoms with Crippen molar-refractivity contribution in [2.45, 2.75) is 19.8 Å². The molecule has 0 N–H and O–H groups in total. The molecule has 1 aromatic heterocycles. The van der Waals surface area contributed by atoms with Crippen LogP contribution in [0.25, 0.3) is 11.0 Å². The fourth-order valence-electron chi connectivity index (χ4n) is 2.33. The molecule has 0 unspecified atom stereocenters. The quantitative estimate of drug-likeness (QED) is 0.344. The average molecular weight is 363 g/mol. The van der Waals surface area contributed by atoms with Crippen LogP contribution in [-0.4, -0.2) is 28.8 Å². The predicted octanol–water partition coefficient (Wildman–Crippen LogP) is 1.08. The summed E-state index contributed by atoms with van der Waals surface area (Å²) in [5.74, 6) is -4.97. The van der Waals surface area contributed by atoms with E-state index in [2.05, 4.69) is 4.84 Å². The van der Waals surface area contributed by atoms with E-state index in [-0.39, 0.29) is 34.6 Å². The van der Waals surface area contributed by atoms with E-state index in [1.807, 2.05) is 0 Å². The summed E-state index contributed by atoms with van der Waals surface area (Å²) in [6, 6.07) is 3.47. The maximum atomic E-state index is 14.6. The standard InChI is InChI=1S/C16H10FNO8/c1-7(19)24-8-2-3-9-10(6-8)25-15(22)13(14(9)17)16(23)26-18-11(20)4-5-12(18)21/h2-3,6H,4-5H2,1H3. The molecule has 0 saturated carbocycles. The molecule has 1 aliphatic rings. The Labute approximate surface area is 143 Å². The Morgan fingerprint density at radius 2 is 1.81 bits per heavy atom. The number of ether oxygens (including phenoxy) is 1. The Balaban J connectivity index is 2.00. The van der Waals surface area contributed by atoms with E-state index in [9.17, 15) is 28.4 Å². The normalized spacial score (nSPS) is 14.0. The molecular weight excluding hydrogens is 353 g/mol. The fraction of sp³-hybridized carbons (Fsp3) is 0.188. The molecule has 1 saturated heterocycles. The van der Waals surface area contributed by atoms with Crippen molar-refractivity contribution in [3.05, 3.63) is 40.0 Å². The summed E-state index contributed by atoms with van der Waals surface area (Å²) in [6.07, 6.45) is -0.306. The Kier molecular flexibility index (Phi) is 4.24. The highest BCUT2D eigenvalue weighted by molar-refractivity contribution is 6.03. The molecule has 1 aliphatic heterocycles. The molecule has 1 aromatic carbocycles. The van der Waals surface area contributed by atoms with Crippen molar-refractivity contribution >= 4 is 34.7 Å². The number of imide groups is 1. The number of hydrogen-bond donors (Lipinski definition) is 0. The lowest BCUT2D eigenvalue weighted by atomic mass is 10.1. The van der Waals surface area contributed by atoms with Gasteiger partial charge in [0.1, 0.15) is 11.3 Å². The Hall–Kier alpha value is -3.56. The number of halogens is 1. The summed E-state index contributed by atoms with van der Waals surface area (Å²) in [5.41, 5.74) is -2.74. The third-order valence-corrected chi connectivity index (χ3v) is 3.46. The van der Waals surface area contributed by atoms with Crippen molar-refractivity contribution in [3.63, 3.8) is 0 Å². The molecule has 0 spiro atoms. The molecule has 0 radical (unpaired) electrons. The van der Waals surface area contributed by atoms with Gasteiger partial charge in [0.15, 0.2) is 11.4 Å². The second-order valence-corrected chi connectivity index (χ2v) is 5.29. The molecule has 26 heavy (non-hydrogen) atoms. The van der Waals surface area contributed by atoms with Crippen LogP contribution in [0.2, 0.25) is 0 Å². The maximum absolute atomic E-state index is 14.6. The number of nitrogens with zero attached hydrogens (tertiary/aromatic N) is 1. The lowest BCUT2D eigenvalue weighted by Gasteiger charge is -2.12. The van der Waals surface area contributed by atoms with Crippen LogP contribution in [0.15, 0.2) is 27.4 Å². The van der Waals surface area contributed by atoms with Gasteiger partial charge in [0.05, 0.1) is 5.39 Å². The van der Waals surface area contributed by atoms with Gasteiger partial charge in [0.2, 0.25) is 0 Å². The fourth-order valence-corrected chi connectivity index (χ4v) is 2.33. The predicted molar refractivity (Wildman–Crippen MR) is 80.3 cm³/mol. The summed E-state index contributed by atoms with van der Waals surface area (Å²) >= 11 is 0. The Morgan fingerprint density at radius 3 is 2.42 bits per heavy atom. The number of esters is 1. The van der Waals surface area contributed by atoms with Gasteiger partial charge in [-0.25, -0.2) is 14.0 Å². The highest BCUT2D eigenvalue weighted by atomic mass is 19.1. The number of carbonyl (C=O) groups is 4. The first-order valence-electron chi connectivity index (χ1n) is 7.31. The number of fused-ring (bicyclic) bond motifs is 1. The Bertz CT molecular complexity index is 1010. The molecule has 0 atom stereocenters. The van der Waals surface area contributed by atoms with Gasteiger partial charge in [0, 0.05) is 25.8 Å². The van der Waals surface area contributed by atoms with Gasteiger partial charge < -0.3 is 14.0 Å². The largest absolute Gasteiger partial charge is 0.427 e. The monoisotopic (exact) mass is 363 g/mol. The first kappa shape index (κ1) is 17.3. The summed E-state index contributed by atoms with van der Waals surface area (Å²) < 4.78 is 24.2. The number of benzene rings is 1. The molecule has 10 heteroatoms. The number of hydrogen-bond acceptors (Lipinski definition) is 8. The highest BCUT2D eigenvalue weighted by Crippen LogP contribution is 2.24. The van der Waals surface area contributed by atoms with Crippen LogP contribution in [-0.2, 0) is 19.2 Å². The van der Waals surface area contributed by atoms with Gasteiger partial charge in [-0.05, 0) is 12.1 Å². The van der Waals surface area contributed by atoms with Crippen LogP contribution in [0.4, 0.5) is 4.39 Å². The summed E-state index contributed by atoms with van der Waals surface area (Å²) in [6.45, 7) is 1.15. The van der Waals surface area contributed by atoms with Crippen molar-refractivity contribution in [2.75, 3.05) is 0 Å². The second-order valence-electron chi connectivity index (χ2n) is 5.29. The Morgan fingerprint density at radius 1 is 1.15 bits per heavy atom. The van der Waals surface area contributed by atoms with Crippen molar-refractivity contribution < 1.29 is 37.6 Å². The van der Waals surface area contributed by atoms with Gasteiger partial charge in [-0.3, -0.25) is 14.4 Å². The number of amides is 2.